The summed E-state index contributed by atoms with van der Waals surface area (Å²) in [5.41, 5.74) is 0. The first-order valence-corrected chi connectivity index (χ1v) is 6.23. The van der Waals surface area contributed by atoms with Crippen molar-refractivity contribution in [3.8, 4) is 0 Å². The molecular weight excluding hydrogens is 259 g/mol. The smallest absolute Gasteiger partial charge is 0.394 e. The number of nitrogens with zero attached hydrogens (tertiary/aromatic N) is 1. The minimum Gasteiger partial charge on any atom is -0.481 e. The summed E-state index contributed by atoms with van der Waals surface area (Å²) in [6, 6.07) is 0. The van der Waals surface area contributed by atoms with E-state index in [1.165, 1.54) is 11.8 Å². The van der Waals surface area contributed by atoms with Gasteiger partial charge in [0.1, 0.15) is 0 Å². The zero-order valence-corrected chi connectivity index (χ0v) is 9.85. The molecule has 2 atom stereocenters. The maximum absolute atomic E-state index is 12.6. The molecule has 0 radical (unpaired) electrons. The Morgan fingerprint density at radius 1 is 1.41 bits per heavy atom. The first-order chi connectivity index (χ1) is 7.77. The summed E-state index contributed by atoms with van der Waals surface area (Å²) in [6.07, 6.45) is -2.93. The van der Waals surface area contributed by atoms with Crippen molar-refractivity contribution in [3.63, 3.8) is 0 Å². The number of thioether (sulfide) groups is 1. The molecule has 1 aliphatic rings. The van der Waals surface area contributed by atoms with Gasteiger partial charge in [-0.25, -0.2) is 0 Å². The van der Waals surface area contributed by atoms with Crippen LogP contribution in [0.25, 0.3) is 0 Å². The molecule has 1 rings (SSSR count). The van der Waals surface area contributed by atoms with Crippen LogP contribution in [0.1, 0.15) is 0 Å². The molecule has 1 N–H and O–H groups in total. The van der Waals surface area contributed by atoms with Gasteiger partial charge in [0.05, 0.1) is 17.6 Å². The maximum Gasteiger partial charge on any atom is 0.394 e. The van der Waals surface area contributed by atoms with Gasteiger partial charge in [0, 0.05) is 13.1 Å². The zero-order valence-electron chi connectivity index (χ0n) is 9.03. The SMILES string of the molecule is CSCC(=O)N1C[C@@H](C(F)(F)F)[C@H](C(=O)O)C1. The van der Waals surface area contributed by atoms with Crippen LogP contribution in [0.4, 0.5) is 13.2 Å². The van der Waals surface area contributed by atoms with Crippen LogP contribution in [0.2, 0.25) is 0 Å². The van der Waals surface area contributed by atoms with Crippen LogP contribution >= 0.6 is 11.8 Å². The number of amides is 1. The van der Waals surface area contributed by atoms with E-state index in [0.29, 0.717) is 0 Å². The molecular formula is C9H12F3NO3S. The highest BCUT2D eigenvalue weighted by Gasteiger charge is 2.53. The molecule has 0 aromatic carbocycles. The average molecular weight is 271 g/mol. The van der Waals surface area contributed by atoms with E-state index in [-0.39, 0.29) is 12.3 Å². The van der Waals surface area contributed by atoms with Gasteiger partial charge in [-0.3, -0.25) is 9.59 Å². The first kappa shape index (κ1) is 14.1. The second-order valence-electron chi connectivity index (χ2n) is 3.82. The van der Waals surface area contributed by atoms with Crippen molar-refractivity contribution in [2.75, 3.05) is 25.1 Å². The van der Waals surface area contributed by atoms with E-state index < -0.39 is 36.4 Å². The topological polar surface area (TPSA) is 57.6 Å². The molecule has 1 fully saturated rings. The number of carbonyl (C=O) groups excluding carboxylic acids is 1. The Morgan fingerprint density at radius 3 is 2.35 bits per heavy atom. The van der Waals surface area contributed by atoms with Crippen molar-refractivity contribution >= 4 is 23.6 Å². The maximum atomic E-state index is 12.6. The summed E-state index contributed by atoms with van der Waals surface area (Å²) in [5.74, 6) is -5.41. The molecule has 0 aromatic rings. The highest BCUT2D eigenvalue weighted by molar-refractivity contribution is 7.99. The molecule has 0 saturated carbocycles. The quantitative estimate of drug-likeness (QED) is 0.834. The lowest BCUT2D eigenvalue weighted by molar-refractivity contribution is -0.188. The molecule has 1 heterocycles. The molecule has 1 amide bonds. The number of carbonyl (C=O) groups is 2. The van der Waals surface area contributed by atoms with Crippen molar-refractivity contribution in [2.45, 2.75) is 6.18 Å². The third-order valence-electron chi connectivity index (χ3n) is 2.68. The number of halogens is 3. The van der Waals surface area contributed by atoms with Crippen LogP contribution in [0.5, 0.6) is 0 Å². The fourth-order valence-corrected chi connectivity index (χ4v) is 2.23. The van der Waals surface area contributed by atoms with E-state index in [2.05, 4.69) is 0 Å². The summed E-state index contributed by atoms with van der Waals surface area (Å²) in [4.78, 5) is 23.2. The van der Waals surface area contributed by atoms with E-state index in [1.54, 1.807) is 6.26 Å². The van der Waals surface area contributed by atoms with Gasteiger partial charge in [0.15, 0.2) is 0 Å². The summed E-state index contributed by atoms with van der Waals surface area (Å²) >= 11 is 1.20. The first-order valence-electron chi connectivity index (χ1n) is 4.83. The molecule has 8 heteroatoms. The molecule has 0 aliphatic carbocycles. The standard InChI is InChI=1S/C9H12F3NO3S/c1-17-4-7(14)13-2-5(8(15)16)6(3-13)9(10,11)12/h5-6H,2-4H2,1H3,(H,15,16)/t5-,6-/m1/s1. The van der Waals surface area contributed by atoms with Crippen molar-refractivity contribution in [2.24, 2.45) is 11.8 Å². The number of rotatable bonds is 3. The molecule has 4 nitrogen and oxygen atoms in total. The Balaban J connectivity index is 2.79. The van der Waals surface area contributed by atoms with Gasteiger partial charge in [0.2, 0.25) is 5.91 Å². The number of alkyl halides is 3. The fourth-order valence-electron chi connectivity index (χ4n) is 1.80. The van der Waals surface area contributed by atoms with E-state index in [1.807, 2.05) is 0 Å². The van der Waals surface area contributed by atoms with Gasteiger partial charge in [-0.05, 0) is 6.26 Å². The molecule has 0 bridgehead atoms. The minimum absolute atomic E-state index is 0.0664. The fraction of sp³-hybridized carbons (Fsp3) is 0.778. The van der Waals surface area contributed by atoms with E-state index in [4.69, 9.17) is 5.11 Å². The third-order valence-corrected chi connectivity index (χ3v) is 3.21. The van der Waals surface area contributed by atoms with Gasteiger partial charge in [-0.1, -0.05) is 0 Å². The van der Waals surface area contributed by atoms with Crippen LogP contribution in [-0.4, -0.2) is 53.2 Å². The Hall–Kier alpha value is -0.920. The number of hydrogen-bond donors (Lipinski definition) is 1. The van der Waals surface area contributed by atoms with Crippen molar-refractivity contribution in [1.29, 1.82) is 0 Å². The molecule has 17 heavy (non-hydrogen) atoms. The predicted molar refractivity (Wildman–Crippen MR) is 55.6 cm³/mol. The minimum atomic E-state index is -4.59. The lowest BCUT2D eigenvalue weighted by atomic mass is 9.96. The molecule has 1 aliphatic heterocycles. The van der Waals surface area contributed by atoms with Crippen molar-refractivity contribution in [1.82, 2.24) is 4.90 Å². The second-order valence-corrected chi connectivity index (χ2v) is 4.69. The summed E-state index contributed by atoms with van der Waals surface area (Å²) in [7, 11) is 0. The molecule has 0 spiro atoms. The molecule has 1 saturated heterocycles. The second kappa shape index (κ2) is 5.16. The highest BCUT2D eigenvalue weighted by Crippen LogP contribution is 2.37. The lowest BCUT2D eigenvalue weighted by Crippen LogP contribution is -2.34. The van der Waals surface area contributed by atoms with Gasteiger partial charge in [0.25, 0.3) is 0 Å². The Labute approximate surface area is 100 Å². The Morgan fingerprint density at radius 2 is 2.00 bits per heavy atom. The van der Waals surface area contributed by atoms with Crippen LogP contribution in [0.3, 0.4) is 0 Å². The van der Waals surface area contributed by atoms with Gasteiger partial charge in [-0.15, -0.1) is 0 Å². The van der Waals surface area contributed by atoms with E-state index in [0.717, 1.165) is 4.90 Å². The molecule has 0 aromatic heterocycles. The van der Waals surface area contributed by atoms with E-state index in [9.17, 15) is 22.8 Å². The monoisotopic (exact) mass is 271 g/mol. The van der Waals surface area contributed by atoms with Gasteiger partial charge >= 0.3 is 12.1 Å². The molecule has 98 valence electrons. The number of carboxylic acid groups (broad SMARTS) is 1. The number of aliphatic carboxylic acids is 1. The zero-order chi connectivity index (χ0) is 13.2. The normalized spacial score (nSPS) is 25.1. The van der Waals surface area contributed by atoms with Gasteiger partial charge in [-0.2, -0.15) is 24.9 Å². The van der Waals surface area contributed by atoms with Crippen LogP contribution in [0, 0.1) is 11.8 Å². The third kappa shape index (κ3) is 3.27. The predicted octanol–water partition coefficient (Wildman–Crippen LogP) is 1.07. The summed E-state index contributed by atoms with van der Waals surface area (Å²) < 4.78 is 37.8. The molecule has 0 unspecified atom stereocenters. The largest absolute Gasteiger partial charge is 0.481 e. The summed E-state index contributed by atoms with van der Waals surface area (Å²) in [5, 5.41) is 8.73. The van der Waals surface area contributed by atoms with E-state index >= 15 is 0 Å². The van der Waals surface area contributed by atoms with Crippen LogP contribution in [-0.2, 0) is 9.59 Å². The Bertz CT molecular complexity index is 321. The van der Waals surface area contributed by atoms with Crippen molar-refractivity contribution in [3.05, 3.63) is 0 Å². The van der Waals surface area contributed by atoms with Gasteiger partial charge < -0.3 is 10.0 Å². The van der Waals surface area contributed by atoms with Crippen LogP contribution < -0.4 is 0 Å². The average Bonchev–Trinajstić information content (AvgIpc) is 2.61. The highest BCUT2D eigenvalue weighted by atomic mass is 32.2. The summed E-state index contributed by atoms with van der Waals surface area (Å²) in [6.45, 7) is -0.918. The number of likely N-dealkylation sites (tertiary alicyclic amines) is 1. The van der Waals surface area contributed by atoms with Crippen LogP contribution in [0.15, 0.2) is 0 Å². The number of hydrogen-bond acceptors (Lipinski definition) is 3. The van der Waals surface area contributed by atoms with Crippen molar-refractivity contribution < 1.29 is 27.9 Å². The lowest BCUT2D eigenvalue weighted by Gasteiger charge is -2.18. The Kier molecular flexibility index (Phi) is 4.29. The number of carboxylic acids is 1.